The van der Waals surface area contributed by atoms with Crippen molar-refractivity contribution in [3.63, 3.8) is 0 Å². The van der Waals surface area contributed by atoms with Crippen molar-refractivity contribution in [2.45, 2.75) is 64.4 Å². The number of hydrogen-bond acceptors (Lipinski definition) is 2. The molecular formula is C21H30O2. The number of fused-ring (bicyclic) bond motifs is 6. The summed E-state index contributed by atoms with van der Waals surface area (Å²) >= 11 is 0. The summed E-state index contributed by atoms with van der Waals surface area (Å²) in [6.07, 6.45) is 14.1. The molecule has 5 aliphatic rings. The third kappa shape index (κ3) is 1.69. The summed E-state index contributed by atoms with van der Waals surface area (Å²) in [7, 11) is 1.82. The van der Waals surface area contributed by atoms with Crippen molar-refractivity contribution in [1.82, 2.24) is 0 Å². The number of epoxide rings is 1. The first kappa shape index (κ1) is 14.6. The van der Waals surface area contributed by atoms with Gasteiger partial charge in [0.1, 0.15) is 0 Å². The summed E-state index contributed by atoms with van der Waals surface area (Å²) in [5.74, 6) is 3.80. The maximum absolute atomic E-state index is 6.03. The first-order valence-electron chi connectivity index (χ1n) is 9.62. The third-order valence-corrected chi connectivity index (χ3v) is 8.78. The predicted octanol–water partition coefficient (Wildman–Crippen LogP) is 4.86. The zero-order valence-corrected chi connectivity index (χ0v) is 14.9. The quantitative estimate of drug-likeness (QED) is 0.645. The van der Waals surface area contributed by atoms with Gasteiger partial charge in [0.15, 0.2) is 0 Å². The second kappa shape index (κ2) is 4.45. The summed E-state index contributed by atoms with van der Waals surface area (Å²) in [5.41, 5.74) is 2.69. The fourth-order valence-corrected chi connectivity index (χ4v) is 7.11. The van der Waals surface area contributed by atoms with Gasteiger partial charge in [-0.2, -0.15) is 0 Å². The Morgan fingerprint density at radius 2 is 1.91 bits per heavy atom. The maximum Gasteiger partial charge on any atom is 0.0972 e. The van der Waals surface area contributed by atoms with E-state index in [0.717, 1.165) is 30.8 Å². The Morgan fingerprint density at radius 3 is 2.65 bits per heavy atom. The first-order valence-corrected chi connectivity index (χ1v) is 9.62. The number of rotatable bonds is 1. The molecule has 0 amide bonds. The number of allylic oxidation sites excluding steroid dienone is 4. The van der Waals surface area contributed by atoms with E-state index in [1.165, 1.54) is 44.3 Å². The van der Waals surface area contributed by atoms with E-state index in [-0.39, 0.29) is 5.60 Å². The fourth-order valence-electron chi connectivity index (χ4n) is 7.11. The predicted molar refractivity (Wildman–Crippen MR) is 90.9 cm³/mol. The molecule has 2 heteroatoms. The molecule has 4 aliphatic carbocycles. The van der Waals surface area contributed by atoms with E-state index in [4.69, 9.17) is 9.47 Å². The second-order valence-electron chi connectivity index (χ2n) is 9.28. The van der Waals surface area contributed by atoms with Crippen LogP contribution in [-0.4, -0.2) is 19.3 Å². The van der Waals surface area contributed by atoms with Crippen molar-refractivity contribution >= 4 is 0 Å². The minimum absolute atomic E-state index is 0.281. The molecule has 1 heterocycles. The van der Waals surface area contributed by atoms with Gasteiger partial charge in [-0.25, -0.2) is 0 Å². The Labute approximate surface area is 140 Å². The second-order valence-corrected chi connectivity index (χ2v) is 9.28. The largest absolute Gasteiger partial charge is 0.501 e. The van der Waals surface area contributed by atoms with Crippen molar-refractivity contribution < 1.29 is 9.47 Å². The molecule has 2 saturated carbocycles. The van der Waals surface area contributed by atoms with E-state index in [9.17, 15) is 0 Å². The standard InChI is InChI=1S/C21H30O2/c1-19-9-6-15(22-3)12-14(19)4-5-16-17(19)7-10-20(2)18(16)8-11-21(20)13-23-21/h4,12,16-18H,5-11,13H2,1-3H3/t16-,17+,18+,19+,20-,21-/m1/s1. The molecule has 2 nitrogen and oxygen atoms in total. The summed E-state index contributed by atoms with van der Waals surface area (Å²) in [6.45, 7) is 6.13. The zero-order chi connectivity index (χ0) is 15.9. The lowest BCUT2D eigenvalue weighted by atomic mass is 9.48. The van der Waals surface area contributed by atoms with Crippen LogP contribution in [0.2, 0.25) is 0 Å². The van der Waals surface area contributed by atoms with Crippen molar-refractivity contribution in [2.75, 3.05) is 13.7 Å². The van der Waals surface area contributed by atoms with Gasteiger partial charge in [0.2, 0.25) is 0 Å². The van der Waals surface area contributed by atoms with Crippen molar-refractivity contribution in [2.24, 2.45) is 28.6 Å². The van der Waals surface area contributed by atoms with Crippen LogP contribution in [0.1, 0.15) is 58.8 Å². The summed E-state index contributed by atoms with van der Waals surface area (Å²) in [5, 5.41) is 0. The van der Waals surface area contributed by atoms with Gasteiger partial charge in [-0.15, -0.1) is 0 Å². The van der Waals surface area contributed by atoms with E-state index < -0.39 is 0 Å². The molecule has 0 bridgehead atoms. The van der Waals surface area contributed by atoms with Crippen LogP contribution in [0, 0.1) is 28.6 Å². The van der Waals surface area contributed by atoms with Gasteiger partial charge in [0, 0.05) is 11.8 Å². The fraction of sp³-hybridized carbons (Fsp3) is 0.810. The van der Waals surface area contributed by atoms with Crippen LogP contribution in [-0.2, 0) is 9.47 Å². The third-order valence-electron chi connectivity index (χ3n) is 8.78. The lowest BCUT2D eigenvalue weighted by Gasteiger charge is -2.56. The Balaban J connectivity index is 1.51. The molecule has 1 aliphatic heterocycles. The zero-order valence-electron chi connectivity index (χ0n) is 14.9. The van der Waals surface area contributed by atoms with Gasteiger partial charge in [-0.1, -0.05) is 19.9 Å². The van der Waals surface area contributed by atoms with E-state index >= 15 is 0 Å². The van der Waals surface area contributed by atoms with Crippen LogP contribution in [0.25, 0.3) is 0 Å². The van der Waals surface area contributed by atoms with Gasteiger partial charge >= 0.3 is 0 Å². The molecule has 3 fully saturated rings. The van der Waals surface area contributed by atoms with Crippen LogP contribution >= 0.6 is 0 Å². The molecule has 6 atom stereocenters. The molecular weight excluding hydrogens is 284 g/mol. The average molecular weight is 314 g/mol. The van der Waals surface area contributed by atoms with Gasteiger partial charge in [0.25, 0.3) is 0 Å². The normalized spacial score (nSPS) is 53.8. The first-order chi connectivity index (χ1) is 11.0. The van der Waals surface area contributed by atoms with Crippen LogP contribution < -0.4 is 0 Å². The van der Waals surface area contributed by atoms with Crippen molar-refractivity contribution in [3.05, 3.63) is 23.5 Å². The SMILES string of the molecule is COC1=CC2=CC[C@@H]3[C@H](CC[C@]4(C)[C@H]3CC[C@@]43CO3)[C@@]2(C)CC1. The molecule has 0 aromatic rings. The molecule has 5 rings (SSSR count). The molecule has 0 radical (unpaired) electrons. The molecule has 1 spiro atoms. The van der Waals surface area contributed by atoms with Crippen LogP contribution in [0.3, 0.4) is 0 Å². The minimum atomic E-state index is 0.281. The highest BCUT2D eigenvalue weighted by Crippen LogP contribution is 2.70. The maximum atomic E-state index is 6.03. The Bertz CT molecular complexity index is 599. The van der Waals surface area contributed by atoms with E-state index in [1.54, 1.807) is 5.57 Å². The van der Waals surface area contributed by atoms with Crippen LogP contribution in [0.4, 0.5) is 0 Å². The van der Waals surface area contributed by atoms with E-state index in [1.807, 2.05) is 7.11 Å². The molecule has 23 heavy (non-hydrogen) atoms. The minimum Gasteiger partial charge on any atom is -0.501 e. The topological polar surface area (TPSA) is 21.8 Å². The Hall–Kier alpha value is -0.760. The van der Waals surface area contributed by atoms with Crippen molar-refractivity contribution in [1.29, 1.82) is 0 Å². The molecule has 126 valence electrons. The highest BCUT2D eigenvalue weighted by molar-refractivity contribution is 5.36. The molecule has 0 aromatic heterocycles. The smallest absolute Gasteiger partial charge is 0.0972 e. The molecule has 0 unspecified atom stereocenters. The molecule has 0 aromatic carbocycles. The van der Waals surface area contributed by atoms with Gasteiger partial charge in [0.05, 0.1) is 25.1 Å². The van der Waals surface area contributed by atoms with E-state index in [0.29, 0.717) is 10.8 Å². The lowest BCUT2D eigenvalue weighted by molar-refractivity contribution is -0.0446. The van der Waals surface area contributed by atoms with Gasteiger partial charge < -0.3 is 9.47 Å². The van der Waals surface area contributed by atoms with Crippen molar-refractivity contribution in [3.8, 4) is 0 Å². The average Bonchev–Trinajstić information content (AvgIpc) is 3.28. The Kier molecular flexibility index (Phi) is 2.82. The molecule has 0 N–H and O–H groups in total. The lowest BCUT2D eigenvalue weighted by Crippen LogP contribution is -2.50. The highest BCUT2D eigenvalue weighted by Gasteiger charge is 2.69. The summed E-state index contributed by atoms with van der Waals surface area (Å²) < 4.78 is 11.6. The van der Waals surface area contributed by atoms with Gasteiger partial charge in [-0.05, 0) is 73.3 Å². The van der Waals surface area contributed by atoms with Crippen LogP contribution in [0.5, 0.6) is 0 Å². The van der Waals surface area contributed by atoms with Crippen LogP contribution in [0.15, 0.2) is 23.5 Å². The summed E-state index contributed by atoms with van der Waals surface area (Å²) in [4.78, 5) is 0. The molecule has 1 saturated heterocycles. The number of ether oxygens (including phenoxy) is 2. The monoisotopic (exact) mass is 314 g/mol. The highest BCUT2D eigenvalue weighted by atomic mass is 16.6. The van der Waals surface area contributed by atoms with E-state index in [2.05, 4.69) is 26.0 Å². The number of hydrogen-bond donors (Lipinski definition) is 0. The number of methoxy groups -OCH3 is 1. The Morgan fingerprint density at radius 1 is 1.13 bits per heavy atom. The summed E-state index contributed by atoms with van der Waals surface area (Å²) in [6, 6.07) is 0. The van der Waals surface area contributed by atoms with Gasteiger partial charge in [-0.3, -0.25) is 0 Å².